The summed E-state index contributed by atoms with van der Waals surface area (Å²) in [6.07, 6.45) is 0.328. The zero-order valence-corrected chi connectivity index (χ0v) is 21.4. The number of anilines is 1. The molecule has 0 bridgehead atoms. The van der Waals surface area contributed by atoms with Crippen LogP contribution in [0.3, 0.4) is 0 Å². The first-order valence-corrected chi connectivity index (χ1v) is 12.6. The van der Waals surface area contributed by atoms with Crippen molar-refractivity contribution in [1.82, 2.24) is 40.4 Å². The van der Waals surface area contributed by atoms with Crippen LogP contribution < -0.4 is 10.6 Å². The fraction of sp³-hybridized carbons (Fsp3) is 0.333. The summed E-state index contributed by atoms with van der Waals surface area (Å²) < 4.78 is 1.45. The van der Waals surface area contributed by atoms with Gasteiger partial charge in [0.15, 0.2) is 5.71 Å². The van der Waals surface area contributed by atoms with Crippen molar-refractivity contribution >= 4 is 71.0 Å². The van der Waals surface area contributed by atoms with Gasteiger partial charge < -0.3 is 15.3 Å². The largest absolute Gasteiger partial charge is 0.477 e. The number of rotatable bonds is 10. The lowest BCUT2D eigenvalue weighted by Gasteiger charge is -2.49. The number of fused-ring (bicyclic) bond motifs is 1. The molecule has 0 saturated carbocycles. The highest BCUT2D eigenvalue weighted by molar-refractivity contribution is 8.01. The first-order valence-electron chi connectivity index (χ1n) is 10.2. The molecule has 0 radical (unpaired) electrons. The number of aliphatic carboxylic acids is 1. The molecule has 0 aliphatic carbocycles. The van der Waals surface area contributed by atoms with E-state index in [1.54, 1.807) is 7.05 Å². The quantitative estimate of drug-likeness (QED) is 0.0794. The highest BCUT2D eigenvalue weighted by atomic mass is 35.5. The van der Waals surface area contributed by atoms with Gasteiger partial charge in [0.25, 0.3) is 11.8 Å². The van der Waals surface area contributed by atoms with Gasteiger partial charge in [-0.25, -0.2) is 19.4 Å². The zero-order valence-electron chi connectivity index (χ0n) is 19.0. The standard InChI is InChI=1S/C18H17ClN10O6S2/c1-28-18(24-26-27-28)37-5-7-4-36-15-11(14(32)29(15)12(7)16(33)34)23-13(31)10(25-35-2)8-3-9(19)22-17(21-8)20-6-30/h3,6,11,15H,4-5H2,1-2H3,(H,23,31)(H,33,34)(H,20,21,22,30)/t11?,15-/m0/s1. The average molecular weight is 569 g/mol. The Hall–Kier alpha value is -3.77. The van der Waals surface area contributed by atoms with E-state index in [0.717, 1.165) is 4.90 Å². The maximum Gasteiger partial charge on any atom is 0.352 e. The van der Waals surface area contributed by atoms with Gasteiger partial charge in [-0.1, -0.05) is 28.5 Å². The topological polar surface area (TPSA) is 207 Å². The van der Waals surface area contributed by atoms with Crippen molar-refractivity contribution in [3.63, 3.8) is 0 Å². The second kappa shape index (κ2) is 11.1. The fourth-order valence-corrected chi connectivity index (χ4v) is 5.97. The zero-order chi connectivity index (χ0) is 26.7. The van der Waals surface area contributed by atoms with Crippen molar-refractivity contribution in [1.29, 1.82) is 0 Å². The van der Waals surface area contributed by atoms with Crippen LogP contribution in [0.5, 0.6) is 0 Å². The van der Waals surface area contributed by atoms with Crippen LogP contribution in [-0.4, -0.2) is 100 Å². The van der Waals surface area contributed by atoms with Crippen LogP contribution in [-0.2, 0) is 31.1 Å². The molecule has 0 aromatic carbocycles. The summed E-state index contributed by atoms with van der Waals surface area (Å²) in [6, 6.07) is 0.192. The Morgan fingerprint density at radius 3 is 2.86 bits per heavy atom. The lowest BCUT2D eigenvalue weighted by atomic mass is 10.0. The van der Waals surface area contributed by atoms with Crippen LogP contribution in [0.2, 0.25) is 5.15 Å². The molecule has 1 saturated heterocycles. The summed E-state index contributed by atoms with van der Waals surface area (Å²) >= 11 is 8.49. The van der Waals surface area contributed by atoms with Crippen molar-refractivity contribution in [2.75, 3.05) is 23.9 Å². The van der Waals surface area contributed by atoms with E-state index in [1.807, 2.05) is 0 Å². The number of aryl methyl sites for hydroxylation is 1. The van der Waals surface area contributed by atoms with E-state index >= 15 is 0 Å². The van der Waals surface area contributed by atoms with E-state index in [1.165, 1.54) is 41.4 Å². The SMILES string of the molecule is CON=C(C(=O)NC1C(=O)N2C(C(=O)O)=C(CSc3nnnn3C)CS[C@@H]12)c1cc(Cl)nc(NC=O)n1. The lowest BCUT2D eigenvalue weighted by Crippen LogP contribution is -2.71. The summed E-state index contributed by atoms with van der Waals surface area (Å²) in [7, 11) is 2.86. The predicted molar refractivity (Wildman–Crippen MR) is 129 cm³/mol. The van der Waals surface area contributed by atoms with E-state index in [9.17, 15) is 24.3 Å². The van der Waals surface area contributed by atoms with E-state index in [2.05, 4.69) is 41.3 Å². The number of oxime groups is 1. The molecule has 1 fully saturated rings. The van der Waals surface area contributed by atoms with E-state index < -0.39 is 29.2 Å². The molecule has 37 heavy (non-hydrogen) atoms. The second-order valence-electron chi connectivity index (χ2n) is 7.28. The van der Waals surface area contributed by atoms with Gasteiger partial charge in [-0.05, 0) is 16.0 Å². The third-order valence-corrected chi connectivity index (χ3v) is 7.65. The van der Waals surface area contributed by atoms with E-state index in [-0.39, 0.29) is 34.0 Å². The monoisotopic (exact) mass is 568 g/mol. The lowest BCUT2D eigenvalue weighted by molar-refractivity contribution is -0.150. The number of amides is 3. The summed E-state index contributed by atoms with van der Waals surface area (Å²) in [5, 5.41) is 29.2. The molecule has 3 amide bonds. The van der Waals surface area contributed by atoms with Crippen LogP contribution in [0.15, 0.2) is 27.6 Å². The van der Waals surface area contributed by atoms with Gasteiger partial charge in [-0.2, -0.15) is 0 Å². The summed E-state index contributed by atoms with van der Waals surface area (Å²) in [6.45, 7) is 0. The molecule has 4 rings (SSSR count). The van der Waals surface area contributed by atoms with Crippen molar-refractivity contribution in [3.05, 3.63) is 28.2 Å². The number of aromatic nitrogens is 6. The molecular formula is C18H17ClN10O6S2. The Labute approximate surface area is 221 Å². The van der Waals surface area contributed by atoms with Gasteiger partial charge >= 0.3 is 5.97 Å². The summed E-state index contributed by atoms with van der Waals surface area (Å²) in [5.74, 6) is -2.31. The number of nitrogens with zero attached hydrogens (tertiary/aromatic N) is 8. The Kier molecular flexibility index (Phi) is 7.89. The number of carboxylic acids is 1. The smallest absolute Gasteiger partial charge is 0.352 e. The number of carbonyl (C=O) groups excluding carboxylic acids is 3. The molecule has 3 N–H and O–H groups in total. The summed E-state index contributed by atoms with van der Waals surface area (Å²) in [4.78, 5) is 62.5. The first kappa shape index (κ1) is 26.3. The van der Waals surface area contributed by atoms with Crippen LogP contribution in [0.4, 0.5) is 5.95 Å². The highest BCUT2D eigenvalue weighted by Crippen LogP contribution is 2.41. The maximum absolute atomic E-state index is 13.0. The minimum absolute atomic E-state index is 0.0766. The van der Waals surface area contributed by atoms with Gasteiger partial charge in [0, 0.05) is 24.6 Å². The van der Waals surface area contributed by atoms with Gasteiger partial charge in [-0.3, -0.25) is 24.6 Å². The minimum Gasteiger partial charge on any atom is -0.477 e. The van der Waals surface area contributed by atoms with Crippen LogP contribution in [0.25, 0.3) is 0 Å². The Morgan fingerprint density at radius 1 is 1.43 bits per heavy atom. The molecule has 0 spiro atoms. The number of tetrazole rings is 1. The average Bonchev–Trinajstić information content (AvgIpc) is 3.27. The van der Waals surface area contributed by atoms with Crippen LogP contribution in [0, 0.1) is 0 Å². The van der Waals surface area contributed by atoms with Crippen molar-refractivity contribution in [2.24, 2.45) is 12.2 Å². The second-order valence-corrected chi connectivity index (χ2v) is 9.71. The third kappa shape index (κ3) is 5.35. The number of β-lactam (4-membered cyclic amide) rings is 1. The molecule has 2 aromatic rings. The molecule has 2 atom stereocenters. The maximum atomic E-state index is 13.0. The molecule has 16 nitrogen and oxygen atoms in total. The normalized spacial score (nSPS) is 19.2. The Morgan fingerprint density at radius 2 is 2.22 bits per heavy atom. The number of hydrogen-bond donors (Lipinski definition) is 3. The first-order chi connectivity index (χ1) is 17.7. The van der Waals surface area contributed by atoms with E-state index in [4.69, 9.17) is 16.4 Å². The number of nitrogens with one attached hydrogen (secondary N) is 2. The molecular weight excluding hydrogens is 552 g/mol. The number of carbonyl (C=O) groups is 4. The molecule has 2 aromatic heterocycles. The number of carboxylic acid groups (broad SMARTS) is 1. The molecule has 2 aliphatic heterocycles. The van der Waals surface area contributed by atoms with Gasteiger partial charge in [0.2, 0.25) is 17.5 Å². The van der Waals surface area contributed by atoms with Crippen molar-refractivity contribution < 1.29 is 29.1 Å². The van der Waals surface area contributed by atoms with Crippen LogP contribution in [0.1, 0.15) is 5.69 Å². The molecule has 1 unspecified atom stereocenters. The molecule has 2 aliphatic rings. The third-order valence-electron chi connectivity index (χ3n) is 5.02. The Balaban J connectivity index is 1.52. The van der Waals surface area contributed by atoms with Crippen LogP contribution >= 0.6 is 35.1 Å². The number of thioether (sulfide) groups is 2. The van der Waals surface area contributed by atoms with Crippen molar-refractivity contribution in [3.8, 4) is 0 Å². The fourth-order valence-electron chi connectivity index (χ4n) is 3.45. The van der Waals surface area contributed by atoms with Gasteiger partial charge in [0.05, 0.1) is 0 Å². The predicted octanol–water partition coefficient (Wildman–Crippen LogP) is -0.897. The van der Waals surface area contributed by atoms with Gasteiger partial charge in [-0.15, -0.1) is 16.9 Å². The van der Waals surface area contributed by atoms with Crippen molar-refractivity contribution in [2.45, 2.75) is 16.6 Å². The summed E-state index contributed by atoms with van der Waals surface area (Å²) in [5.41, 5.74) is -0.0318. The number of halogens is 1. The molecule has 4 heterocycles. The minimum atomic E-state index is -1.26. The Bertz CT molecular complexity index is 1330. The highest BCUT2D eigenvalue weighted by Gasteiger charge is 2.54. The molecule has 194 valence electrons. The molecule has 19 heteroatoms. The van der Waals surface area contributed by atoms with Gasteiger partial charge in [0.1, 0.15) is 35.1 Å². The van der Waals surface area contributed by atoms with E-state index in [0.29, 0.717) is 22.9 Å². The number of hydrogen-bond acceptors (Lipinski definition) is 13.